The summed E-state index contributed by atoms with van der Waals surface area (Å²) in [5, 5.41) is 0. The Morgan fingerprint density at radius 2 is 2.23 bits per heavy atom. The van der Waals surface area contributed by atoms with Gasteiger partial charge in [-0.15, -0.1) is 0 Å². The van der Waals surface area contributed by atoms with E-state index in [1.807, 2.05) is 6.92 Å². The second-order valence-corrected chi connectivity index (χ2v) is 2.91. The Morgan fingerprint density at radius 1 is 1.54 bits per heavy atom. The Bertz CT molecular complexity index is 288. The van der Waals surface area contributed by atoms with Crippen molar-refractivity contribution >= 4 is 0 Å². The molecule has 1 rings (SSSR count). The third-order valence-corrected chi connectivity index (χ3v) is 2.04. The summed E-state index contributed by atoms with van der Waals surface area (Å²) in [6.07, 6.45) is 0.828. The molecule has 0 spiro atoms. The van der Waals surface area contributed by atoms with Gasteiger partial charge in [0.1, 0.15) is 0 Å². The van der Waals surface area contributed by atoms with Gasteiger partial charge in [0.2, 0.25) is 0 Å². The lowest BCUT2D eigenvalue weighted by molar-refractivity contribution is 0.385. The van der Waals surface area contributed by atoms with Crippen molar-refractivity contribution in [2.75, 3.05) is 7.11 Å². The smallest absolute Gasteiger partial charge is 0.165 e. The van der Waals surface area contributed by atoms with Crippen molar-refractivity contribution in [3.05, 3.63) is 29.6 Å². The molecule has 0 saturated heterocycles. The molecule has 0 fully saturated rings. The molecule has 0 aliphatic carbocycles. The minimum atomic E-state index is -0.352. The van der Waals surface area contributed by atoms with Gasteiger partial charge < -0.3 is 10.5 Å². The Kier molecular flexibility index (Phi) is 3.25. The molecule has 1 atom stereocenters. The number of nitrogens with two attached hydrogens (primary N) is 1. The van der Waals surface area contributed by atoms with Crippen LogP contribution in [0.4, 0.5) is 4.39 Å². The van der Waals surface area contributed by atoms with Gasteiger partial charge in [-0.1, -0.05) is 13.0 Å². The molecule has 2 nitrogen and oxygen atoms in total. The van der Waals surface area contributed by atoms with Crippen LogP contribution in [0.3, 0.4) is 0 Å². The van der Waals surface area contributed by atoms with E-state index in [9.17, 15) is 4.39 Å². The topological polar surface area (TPSA) is 35.2 Å². The van der Waals surface area contributed by atoms with Gasteiger partial charge in [0, 0.05) is 6.04 Å². The number of benzene rings is 1. The highest BCUT2D eigenvalue weighted by atomic mass is 19.1. The maximum Gasteiger partial charge on any atom is 0.165 e. The van der Waals surface area contributed by atoms with Gasteiger partial charge in [0.15, 0.2) is 11.6 Å². The molecular formula is C10H14FNO. The molecule has 1 aromatic rings. The highest BCUT2D eigenvalue weighted by Crippen LogP contribution is 2.22. The van der Waals surface area contributed by atoms with Gasteiger partial charge in [-0.25, -0.2) is 4.39 Å². The second kappa shape index (κ2) is 4.23. The summed E-state index contributed by atoms with van der Waals surface area (Å²) < 4.78 is 17.8. The van der Waals surface area contributed by atoms with Crippen LogP contribution in [0, 0.1) is 5.82 Å². The lowest BCUT2D eigenvalue weighted by Crippen LogP contribution is -2.08. The van der Waals surface area contributed by atoms with Crippen molar-refractivity contribution in [2.45, 2.75) is 19.4 Å². The van der Waals surface area contributed by atoms with Gasteiger partial charge >= 0.3 is 0 Å². The van der Waals surface area contributed by atoms with E-state index in [2.05, 4.69) is 0 Å². The van der Waals surface area contributed by atoms with Crippen LogP contribution in [-0.4, -0.2) is 7.11 Å². The standard InChI is InChI=1S/C10H14FNO/c1-3-9(12)7-4-5-8(11)10(6-7)13-2/h4-6,9H,3,12H2,1-2H3/t9-/m0/s1. The first-order valence-electron chi connectivity index (χ1n) is 4.28. The van der Waals surface area contributed by atoms with Crippen LogP contribution in [0.15, 0.2) is 18.2 Å². The third-order valence-electron chi connectivity index (χ3n) is 2.04. The molecule has 2 N–H and O–H groups in total. The van der Waals surface area contributed by atoms with Crippen LogP contribution < -0.4 is 10.5 Å². The molecule has 72 valence electrons. The van der Waals surface area contributed by atoms with Crippen molar-refractivity contribution in [3.63, 3.8) is 0 Å². The molecule has 0 radical (unpaired) electrons. The third kappa shape index (κ3) is 2.18. The SMILES string of the molecule is CC[C@H](N)c1ccc(F)c(OC)c1. The van der Waals surface area contributed by atoms with Crippen molar-refractivity contribution in [1.82, 2.24) is 0 Å². The molecular weight excluding hydrogens is 169 g/mol. The lowest BCUT2D eigenvalue weighted by atomic mass is 10.1. The van der Waals surface area contributed by atoms with Crippen molar-refractivity contribution in [3.8, 4) is 5.75 Å². The predicted octanol–water partition coefficient (Wildman–Crippen LogP) is 2.24. The zero-order valence-corrected chi connectivity index (χ0v) is 7.88. The molecule has 1 aromatic carbocycles. The average Bonchev–Trinajstić information content (AvgIpc) is 2.17. The zero-order chi connectivity index (χ0) is 9.84. The maximum atomic E-state index is 13.0. The van der Waals surface area contributed by atoms with Gasteiger partial charge in [-0.3, -0.25) is 0 Å². The first-order chi connectivity index (χ1) is 6.19. The Hall–Kier alpha value is -1.09. The second-order valence-electron chi connectivity index (χ2n) is 2.91. The summed E-state index contributed by atoms with van der Waals surface area (Å²) in [4.78, 5) is 0. The summed E-state index contributed by atoms with van der Waals surface area (Å²) in [6, 6.07) is 4.66. The monoisotopic (exact) mass is 183 g/mol. The van der Waals surface area contributed by atoms with E-state index in [4.69, 9.17) is 10.5 Å². The highest BCUT2D eigenvalue weighted by Gasteiger charge is 2.07. The summed E-state index contributed by atoms with van der Waals surface area (Å²) in [5.74, 6) is -0.101. The van der Waals surface area contributed by atoms with Crippen LogP contribution in [-0.2, 0) is 0 Å². The minimum Gasteiger partial charge on any atom is -0.494 e. The van der Waals surface area contributed by atoms with Crippen molar-refractivity contribution in [2.24, 2.45) is 5.73 Å². The zero-order valence-electron chi connectivity index (χ0n) is 7.88. The first-order valence-corrected chi connectivity index (χ1v) is 4.28. The van der Waals surface area contributed by atoms with Gasteiger partial charge in [0.25, 0.3) is 0 Å². The summed E-state index contributed by atoms with van der Waals surface area (Å²) in [7, 11) is 1.44. The maximum absolute atomic E-state index is 13.0. The van der Waals surface area contributed by atoms with Gasteiger partial charge in [0.05, 0.1) is 7.11 Å². The summed E-state index contributed by atoms with van der Waals surface area (Å²) in [5.41, 5.74) is 6.69. The number of hydrogen-bond acceptors (Lipinski definition) is 2. The Balaban J connectivity index is 2.99. The van der Waals surface area contributed by atoms with Crippen LogP contribution in [0.1, 0.15) is 24.9 Å². The highest BCUT2D eigenvalue weighted by molar-refractivity contribution is 5.31. The molecule has 0 bridgehead atoms. The van der Waals surface area contributed by atoms with Crippen molar-refractivity contribution in [1.29, 1.82) is 0 Å². The number of halogens is 1. The largest absolute Gasteiger partial charge is 0.494 e. The van der Waals surface area contributed by atoms with Gasteiger partial charge in [-0.2, -0.15) is 0 Å². The first kappa shape index (κ1) is 9.99. The molecule has 0 saturated carbocycles. The Labute approximate surface area is 77.5 Å². The summed E-state index contributed by atoms with van der Waals surface area (Å²) in [6.45, 7) is 1.99. The number of ether oxygens (including phenoxy) is 1. The number of hydrogen-bond donors (Lipinski definition) is 1. The van der Waals surface area contributed by atoms with Gasteiger partial charge in [-0.05, 0) is 24.1 Å². The van der Waals surface area contributed by atoms with E-state index in [1.54, 1.807) is 12.1 Å². The minimum absolute atomic E-state index is 0.0468. The van der Waals surface area contributed by atoms with Crippen LogP contribution >= 0.6 is 0 Å². The van der Waals surface area contributed by atoms with Crippen LogP contribution in [0.2, 0.25) is 0 Å². The van der Waals surface area contributed by atoms with E-state index >= 15 is 0 Å². The molecule has 0 aliphatic heterocycles. The molecule has 0 heterocycles. The summed E-state index contributed by atoms with van der Waals surface area (Å²) >= 11 is 0. The molecule has 0 unspecified atom stereocenters. The fourth-order valence-corrected chi connectivity index (χ4v) is 1.14. The average molecular weight is 183 g/mol. The van der Waals surface area contributed by atoms with E-state index in [1.165, 1.54) is 13.2 Å². The fraction of sp³-hybridized carbons (Fsp3) is 0.400. The molecule has 0 aromatic heterocycles. The molecule has 13 heavy (non-hydrogen) atoms. The normalized spacial score (nSPS) is 12.6. The number of rotatable bonds is 3. The van der Waals surface area contributed by atoms with E-state index in [0.29, 0.717) is 0 Å². The van der Waals surface area contributed by atoms with Crippen molar-refractivity contribution < 1.29 is 9.13 Å². The number of methoxy groups -OCH3 is 1. The fourth-order valence-electron chi connectivity index (χ4n) is 1.14. The molecule has 0 aliphatic rings. The van der Waals surface area contributed by atoms with E-state index < -0.39 is 0 Å². The van der Waals surface area contributed by atoms with Crippen LogP contribution in [0.25, 0.3) is 0 Å². The van der Waals surface area contributed by atoms with Crippen LogP contribution in [0.5, 0.6) is 5.75 Å². The quantitative estimate of drug-likeness (QED) is 0.780. The lowest BCUT2D eigenvalue weighted by Gasteiger charge is -2.10. The van der Waals surface area contributed by atoms with E-state index in [-0.39, 0.29) is 17.6 Å². The molecule has 0 amide bonds. The predicted molar refractivity (Wildman–Crippen MR) is 50.2 cm³/mol. The molecule has 3 heteroatoms. The Morgan fingerprint density at radius 3 is 2.77 bits per heavy atom. The van der Waals surface area contributed by atoms with E-state index in [0.717, 1.165) is 12.0 Å².